The van der Waals surface area contributed by atoms with E-state index < -0.39 is 5.91 Å². The summed E-state index contributed by atoms with van der Waals surface area (Å²) in [6.07, 6.45) is 0.786. The zero-order valence-corrected chi connectivity index (χ0v) is 16.9. The van der Waals surface area contributed by atoms with Gasteiger partial charge in [0.25, 0.3) is 5.91 Å². The number of methoxy groups -OCH3 is 1. The Morgan fingerprint density at radius 1 is 0.900 bits per heavy atom. The van der Waals surface area contributed by atoms with Crippen molar-refractivity contribution in [1.29, 1.82) is 5.41 Å². The van der Waals surface area contributed by atoms with Crippen LogP contribution in [0.2, 0.25) is 0 Å². The van der Waals surface area contributed by atoms with E-state index in [1.54, 1.807) is 37.4 Å². The van der Waals surface area contributed by atoms with Crippen LogP contribution in [0.3, 0.4) is 0 Å². The second-order valence-electron chi connectivity index (χ2n) is 6.55. The number of hydrogen-bond donors (Lipinski definition) is 3. The van der Waals surface area contributed by atoms with Crippen molar-refractivity contribution in [3.05, 3.63) is 84.4 Å². The van der Waals surface area contributed by atoms with Crippen LogP contribution in [0, 0.1) is 5.41 Å². The van der Waals surface area contributed by atoms with Crippen molar-refractivity contribution in [2.24, 2.45) is 0 Å². The van der Waals surface area contributed by atoms with Gasteiger partial charge in [0.15, 0.2) is 0 Å². The second kappa shape index (κ2) is 10.7. The minimum absolute atomic E-state index is 0.102. The highest BCUT2D eigenvalue weighted by molar-refractivity contribution is 6.48. The molecule has 0 aliphatic rings. The summed E-state index contributed by atoms with van der Waals surface area (Å²) < 4.78 is 10.8. The summed E-state index contributed by atoms with van der Waals surface area (Å²) in [5.41, 5.74) is 1.79. The molecule has 0 bridgehead atoms. The maximum atomic E-state index is 12.5. The third-order valence-corrected chi connectivity index (χ3v) is 4.42. The predicted octanol–water partition coefficient (Wildman–Crippen LogP) is 4.58. The van der Waals surface area contributed by atoms with Gasteiger partial charge in [-0.25, -0.2) is 0 Å². The lowest BCUT2D eigenvalue weighted by Crippen LogP contribution is -2.24. The van der Waals surface area contributed by atoms with Crippen molar-refractivity contribution in [3.8, 4) is 11.5 Å². The number of hydrogen-bond acceptors (Lipinski definition) is 5. The Morgan fingerprint density at radius 2 is 1.60 bits per heavy atom. The van der Waals surface area contributed by atoms with Gasteiger partial charge in [0.2, 0.25) is 0 Å². The quantitative estimate of drug-likeness (QED) is 0.342. The van der Waals surface area contributed by atoms with Crippen LogP contribution in [0.4, 0.5) is 11.4 Å². The molecule has 30 heavy (non-hydrogen) atoms. The molecule has 0 aliphatic heterocycles. The largest absolute Gasteiger partial charge is 0.497 e. The Balaban J connectivity index is 1.53. The zero-order chi connectivity index (χ0) is 21.2. The van der Waals surface area contributed by atoms with E-state index in [-0.39, 0.29) is 5.71 Å². The normalized spacial score (nSPS) is 10.2. The van der Waals surface area contributed by atoms with Crippen LogP contribution < -0.4 is 20.1 Å². The van der Waals surface area contributed by atoms with E-state index in [0.717, 1.165) is 17.9 Å². The Labute approximate surface area is 176 Å². The molecule has 0 unspecified atom stereocenters. The number of amides is 1. The molecule has 0 fully saturated rings. The van der Waals surface area contributed by atoms with E-state index in [4.69, 9.17) is 14.9 Å². The lowest BCUT2D eigenvalue weighted by molar-refractivity contribution is -0.110. The molecule has 3 N–H and O–H groups in total. The fourth-order valence-electron chi connectivity index (χ4n) is 2.85. The van der Waals surface area contributed by atoms with Crippen LogP contribution in [0.1, 0.15) is 12.0 Å². The molecule has 0 aliphatic carbocycles. The van der Waals surface area contributed by atoms with Crippen molar-refractivity contribution in [2.45, 2.75) is 6.42 Å². The molecule has 6 nitrogen and oxygen atoms in total. The van der Waals surface area contributed by atoms with Gasteiger partial charge >= 0.3 is 0 Å². The van der Waals surface area contributed by atoms with Gasteiger partial charge in [-0.15, -0.1) is 0 Å². The average molecular weight is 403 g/mol. The number of carbonyl (C=O) groups is 1. The van der Waals surface area contributed by atoms with E-state index in [0.29, 0.717) is 30.2 Å². The van der Waals surface area contributed by atoms with E-state index in [2.05, 4.69) is 10.6 Å². The fraction of sp³-hybridized carbons (Fsp3) is 0.167. The molecule has 1 amide bonds. The minimum atomic E-state index is -0.471. The molecule has 3 rings (SSSR count). The van der Waals surface area contributed by atoms with Gasteiger partial charge in [-0.2, -0.15) is 0 Å². The predicted molar refractivity (Wildman–Crippen MR) is 120 cm³/mol. The molecule has 0 aromatic heterocycles. The number of anilines is 2. The van der Waals surface area contributed by atoms with Crippen LogP contribution in [-0.2, 0) is 4.79 Å². The molecular weight excluding hydrogens is 378 g/mol. The number of para-hydroxylation sites is 2. The van der Waals surface area contributed by atoms with Gasteiger partial charge in [0, 0.05) is 23.5 Å². The standard InChI is InChI=1S/C24H25N3O3/c1-29-19-14-12-18(13-15-19)27-24(28)23(25)21-10-5-6-11-22(21)26-16-7-17-30-20-8-3-2-4-9-20/h2-6,8-15,25-26H,7,16-17H2,1H3,(H,27,28). The molecular formula is C24H25N3O3. The lowest BCUT2D eigenvalue weighted by Gasteiger charge is -2.13. The van der Waals surface area contributed by atoms with Crippen LogP contribution in [0.5, 0.6) is 11.5 Å². The summed E-state index contributed by atoms with van der Waals surface area (Å²) in [6, 6.07) is 24.0. The summed E-state index contributed by atoms with van der Waals surface area (Å²) in [5.74, 6) is 1.07. The van der Waals surface area contributed by atoms with Gasteiger partial charge in [-0.05, 0) is 48.9 Å². The summed E-state index contributed by atoms with van der Waals surface area (Å²) in [5, 5.41) is 14.4. The van der Waals surface area contributed by atoms with Gasteiger partial charge in [0.05, 0.1) is 13.7 Å². The Kier molecular flexibility index (Phi) is 7.44. The van der Waals surface area contributed by atoms with Crippen molar-refractivity contribution < 1.29 is 14.3 Å². The maximum Gasteiger partial charge on any atom is 0.274 e. The first-order chi connectivity index (χ1) is 14.7. The first kappa shape index (κ1) is 20.9. The highest BCUT2D eigenvalue weighted by atomic mass is 16.5. The number of ether oxygens (including phenoxy) is 2. The average Bonchev–Trinajstić information content (AvgIpc) is 2.80. The summed E-state index contributed by atoms with van der Waals surface area (Å²) in [6.45, 7) is 1.24. The number of nitrogens with one attached hydrogen (secondary N) is 3. The minimum Gasteiger partial charge on any atom is -0.497 e. The maximum absolute atomic E-state index is 12.5. The summed E-state index contributed by atoms with van der Waals surface area (Å²) in [4.78, 5) is 12.5. The number of carbonyl (C=O) groups excluding carboxylic acids is 1. The van der Waals surface area contributed by atoms with Gasteiger partial charge in [-0.1, -0.05) is 36.4 Å². The van der Waals surface area contributed by atoms with Crippen molar-refractivity contribution in [3.63, 3.8) is 0 Å². The fourth-order valence-corrected chi connectivity index (χ4v) is 2.85. The van der Waals surface area contributed by atoms with E-state index in [1.807, 2.05) is 48.5 Å². The SMILES string of the molecule is COc1ccc(NC(=O)C(=N)c2ccccc2NCCCOc2ccccc2)cc1. The number of benzene rings is 3. The van der Waals surface area contributed by atoms with Crippen LogP contribution >= 0.6 is 0 Å². The molecule has 0 atom stereocenters. The molecule has 6 heteroatoms. The summed E-state index contributed by atoms with van der Waals surface area (Å²) in [7, 11) is 1.58. The van der Waals surface area contributed by atoms with Gasteiger partial charge < -0.3 is 20.1 Å². The monoisotopic (exact) mass is 403 g/mol. The topological polar surface area (TPSA) is 83.4 Å². The van der Waals surface area contributed by atoms with Crippen molar-refractivity contribution in [2.75, 3.05) is 30.9 Å². The van der Waals surface area contributed by atoms with Crippen LogP contribution in [0.25, 0.3) is 0 Å². The second-order valence-corrected chi connectivity index (χ2v) is 6.55. The molecule has 154 valence electrons. The highest BCUT2D eigenvalue weighted by Gasteiger charge is 2.15. The zero-order valence-electron chi connectivity index (χ0n) is 16.9. The Morgan fingerprint density at radius 3 is 2.33 bits per heavy atom. The molecule has 3 aromatic carbocycles. The molecule has 3 aromatic rings. The molecule has 0 saturated heterocycles. The summed E-state index contributed by atoms with van der Waals surface area (Å²) >= 11 is 0. The highest BCUT2D eigenvalue weighted by Crippen LogP contribution is 2.18. The van der Waals surface area contributed by atoms with E-state index >= 15 is 0 Å². The molecule has 0 spiro atoms. The van der Waals surface area contributed by atoms with Crippen LogP contribution in [-0.4, -0.2) is 31.9 Å². The van der Waals surface area contributed by atoms with Crippen molar-refractivity contribution >= 4 is 23.0 Å². The smallest absolute Gasteiger partial charge is 0.274 e. The van der Waals surface area contributed by atoms with Crippen LogP contribution in [0.15, 0.2) is 78.9 Å². The van der Waals surface area contributed by atoms with Crippen molar-refractivity contribution in [1.82, 2.24) is 0 Å². The lowest BCUT2D eigenvalue weighted by atomic mass is 10.1. The molecule has 0 saturated carbocycles. The van der Waals surface area contributed by atoms with Gasteiger partial charge in [-0.3, -0.25) is 10.2 Å². The molecule has 0 heterocycles. The van der Waals surface area contributed by atoms with E-state index in [1.165, 1.54) is 0 Å². The van der Waals surface area contributed by atoms with Gasteiger partial charge in [0.1, 0.15) is 17.2 Å². The van der Waals surface area contributed by atoms with E-state index in [9.17, 15) is 4.79 Å². The third kappa shape index (κ3) is 5.85. The number of rotatable bonds is 10. The first-order valence-electron chi connectivity index (χ1n) is 9.72. The first-order valence-corrected chi connectivity index (χ1v) is 9.72. The Bertz CT molecular complexity index is 973. The third-order valence-electron chi connectivity index (χ3n) is 4.42. The Hall–Kier alpha value is -3.80. The molecule has 0 radical (unpaired) electrons.